The first-order chi connectivity index (χ1) is 10.9. The molecule has 2 amide bonds. The molecule has 122 valence electrons. The SMILES string of the molecule is CCC(c1ccc(C)cc1)N(C)C(=O)N(C)c1ccc(Cl)cc1. The van der Waals surface area contributed by atoms with Gasteiger partial charge < -0.3 is 4.90 Å². The summed E-state index contributed by atoms with van der Waals surface area (Å²) in [5.41, 5.74) is 3.19. The predicted molar refractivity (Wildman–Crippen MR) is 97.2 cm³/mol. The van der Waals surface area contributed by atoms with E-state index in [1.807, 2.05) is 19.2 Å². The molecule has 2 rings (SSSR count). The number of benzene rings is 2. The van der Waals surface area contributed by atoms with Crippen LogP contribution in [0.5, 0.6) is 0 Å². The average Bonchev–Trinajstić information content (AvgIpc) is 2.56. The Morgan fingerprint density at radius 2 is 1.61 bits per heavy atom. The van der Waals surface area contributed by atoms with E-state index in [-0.39, 0.29) is 12.1 Å². The maximum Gasteiger partial charge on any atom is 0.324 e. The molecule has 0 saturated carbocycles. The third kappa shape index (κ3) is 4.05. The molecule has 3 nitrogen and oxygen atoms in total. The highest BCUT2D eigenvalue weighted by Crippen LogP contribution is 2.26. The molecule has 0 heterocycles. The minimum atomic E-state index is -0.0419. The summed E-state index contributed by atoms with van der Waals surface area (Å²) in [6, 6.07) is 15.6. The Kier molecular flexibility index (Phi) is 5.67. The number of urea groups is 1. The second-order valence-electron chi connectivity index (χ2n) is 5.76. The number of amides is 2. The molecule has 0 spiro atoms. The van der Waals surface area contributed by atoms with Crippen molar-refractivity contribution in [3.63, 3.8) is 0 Å². The van der Waals surface area contributed by atoms with E-state index in [9.17, 15) is 4.79 Å². The van der Waals surface area contributed by atoms with Gasteiger partial charge in [0.15, 0.2) is 0 Å². The summed E-state index contributed by atoms with van der Waals surface area (Å²) >= 11 is 5.91. The van der Waals surface area contributed by atoms with E-state index in [1.54, 1.807) is 29.0 Å². The molecule has 0 aliphatic carbocycles. The lowest BCUT2D eigenvalue weighted by molar-refractivity contribution is 0.197. The number of anilines is 1. The fraction of sp³-hybridized carbons (Fsp3) is 0.316. The average molecular weight is 331 g/mol. The number of carbonyl (C=O) groups excluding carboxylic acids is 1. The molecule has 4 heteroatoms. The topological polar surface area (TPSA) is 23.6 Å². The summed E-state index contributed by atoms with van der Waals surface area (Å²) in [6.07, 6.45) is 0.861. The second kappa shape index (κ2) is 7.51. The highest BCUT2D eigenvalue weighted by atomic mass is 35.5. The molecule has 0 aromatic heterocycles. The van der Waals surface area contributed by atoms with Crippen LogP contribution < -0.4 is 4.90 Å². The van der Waals surface area contributed by atoms with E-state index in [1.165, 1.54) is 5.56 Å². The van der Waals surface area contributed by atoms with Gasteiger partial charge in [-0.25, -0.2) is 4.79 Å². The molecule has 0 fully saturated rings. The molecule has 1 unspecified atom stereocenters. The Hall–Kier alpha value is -2.00. The summed E-state index contributed by atoms with van der Waals surface area (Å²) in [4.78, 5) is 16.2. The zero-order valence-electron chi connectivity index (χ0n) is 14.1. The van der Waals surface area contributed by atoms with E-state index in [0.717, 1.165) is 17.7 Å². The third-order valence-electron chi connectivity index (χ3n) is 4.12. The van der Waals surface area contributed by atoms with Crippen molar-refractivity contribution < 1.29 is 4.79 Å². The van der Waals surface area contributed by atoms with Crippen LogP contribution in [0.4, 0.5) is 10.5 Å². The van der Waals surface area contributed by atoms with Crippen LogP contribution in [0.15, 0.2) is 48.5 Å². The molecule has 0 N–H and O–H groups in total. The van der Waals surface area contributed by atoms with Crippen molar-refractivity contribution in [1.82, 2.24) is 4.90 Å². The van der Waals surface area contributed by atoms with E-state index in [0.29, 0.717) is 5.02 Å². The van der Waals surface area contributed by atoms with Crippen molar-refractivity contribution in [1.29, 1.82) is 0 Å². The molecule has 0 aliphatic rings. The van der Waals surface area contributed by atoms with E-state index < -0.39 is 0 Å². The number of aryl methyl sites for hydroxylation is 1. The fourth-order valence-electron chi connectivity index (χ4n) is 2.67. The monoisotopic (exact) mass is 330 g/mol. The van der Waals surface area contributed by atoms with Gasteiger partial charge in [-0.05, 0) is 43.2 Å². The highest BCUT2D eigenvalue weighted by Gasteiger charge is 2.23. The summed E-state index contributed by atoms with van der Waals surface area (Å²) < 4.78 is 0. The minimum Gasteiger partial charge on any atom is -0.320 e. The van der Waals surface area contributed by atoms with Gasteiger partial charge in [0.25, 0.3) is 0 Å². The summed E-state index contributed by atoms with van der Waals surface area (Å²) in [5, 5.41) is 0.661. The minimum absolute atomic E-state index is 0.0419. The summed E-state index contributed by atoms with van der Waals surface area (Å²) in [5.74, 6) is 0. The van der Waals surface area contributed by atoms with Gasteiger partial charge in [0, 0.05) is 24.8 Å². The number of nitrogens with zero attached hydrogens (tertiary/aromatic N) is 2. The Bertz CT molecular complexity index is 652. The molecule has 0 saturated heterocycles. The molecule has 0 radical (unpaired) electrons. The van der Waals surface area contributed by atoms with Crippen molar-refractivity contribution in [3.05, 3.63) is 64.7 Å². The van der Waals surface area contributed by atoms with Gasteiger partial charge in [0.1, 0.15) is 0 Å². The molecule has 1 atom stereocenters. The van der Waals surface area contributed by atoms with Crippen LogP contribution in [-0.4, -0.2) is 25.0 Å². The van der Waals surface area contributed by atoms with Gasteiger partial charge in [0.05, 0.1) is 6.04 Å². The molecular formula is C19H23ClN2O. The van der Waals surface area contributed by atoms with Gasteiger partial charge in [0.2, 0.25) is 0 Å². The largest absolute Gasteiger partial charge is 0.324 e. The Morgan fingerprint density at radius 3 is 2.13 bits per heavy atom. The van der Waals surface area contributed by atoms with Crippen molar-refractivity contribution in [2.24, 2.45) is 0 Å². The van der Waals surface area contributed by atoms with Crippen LogP contribution in [-0.2, 0) is 0 Å². The summed E-state index contributed by atoms with van der Waals surface area (Å²) in [7, 11) is 3.63. The van der Waals surface area contributed by atoms with E-state index in [2.05, 4.69) is 38.1 Å². The van der Waals surface area contributed by atoms with Gasteiger partial charge in [-0.15, -0.1) is 0 Å². The number of rotatable bonds is 4. The first-order valence-electron chi connectivity index (χ1n) is 7.76. The normalized spacial score (nSPS) is 11.9. The lowest BCUT2D eigenvalue weighted by Gasteiger charge is -2.31. The first kappa shape index (κ1) is 17.4. The number of hydrogen-bond donors (Lipinski definition) is 0. The number of carbonyl (C=O) groups is 1. The molecule has 0 bridgehead atoms. The van der Waals surface area contributed by atoms with Gasteiger partial charge >= 0.3 is 6.03 Å². The molecule has 2 aromatic carbocycles. The Balaban J connectivity index is 2.19. The lowest BCUT2D eigenvalue weighted by atomic mass is 10.0. The molecule has 2 aromatic rings. The van der Waals surface area contributed by atoms with E-state index >= 15 is 0 Å². The smallest absolute Gasteiger partial charge is 0.320 e. The standard InChI is InChI=1S/C19H23ClN2O/c1-5-18(15-8-6-14(2)7-9-15)22(4)19(23)21(3)17-12-10-16(20)11-13-17/h6-13,18H,5H2,1-4H3. The lowest BCUT2D eigenvalue weighted by Crippen LogP contribution is -2.40. The van der Waals surface area contributed by atoms with Crippen molar-refractivity contribution in [3.8, 4) is 0 Å². The first-order valence-corrected chi connectivity index (χ1v) is 8.14. The quantitative estimate of drug-likeness (QED) is 0.747. The van der Waals surface area contributed by atoms with Crippen LogP contribution in [0.3, 0.4) is 0 Å². The van der Waals surface area contributed by atoms with Gasteiger partial charge in [-0.2, -0.15) is 0 Å². The number of hydrogen-bond acceptors (Lipinski definition) is 1. The summed E-state index contributed by atoms with van der Waals surface area (Å²) in [6.45, 7) is 4.16. The predicted octanol–water partition coefficient (Wildman–Crippen LogP) is 5.29. The van der Waals surface area contributed by atoms with E-state index in [4.69, 9.17) is 11.6 Å². The zero-order valence-corrected chi connectivity index (χ0v) is 14.8. The number of halogens is 1. The maximum absolute atomic E-state index is 12.8. The van der Waals surface area contributed by atoms with Gasteiger partial charge in [-0.3, -0.25) is 4.90 Å². The third-order valence-corrected chi connectivity index (χ3v) is 4.37. The van der Waals surface area contributed by atoms with Crippen molar-refractivity contribution in [2.75, 3.05) is 19.0 Å². The van der Waals surface area contributed by atoms with Crippen molar-refractivity contribution in [2.45, 2.75) is 26.3 Å². The van der Waals surface area contributed by atoms with Gasteiger partial charge in [-0.1, -0.05) is 48.4 Å². The van der Waals surface area contributed by atoms with Crippen LogP contribution in [0.1, 0.15) is 30.5 Å². The van der Waals surface area contributed by atoms with Crippen LogP contribution in [0.2, 0.25) is 5.02 Å². The Labute approximate surface area is 143 Å². The van der Waals surface area contributed by atoms with Crippen LogP contribution in [0.25, 0.3) is 0 Å². The molecule has 23 heavy (non-hydrogen) atoms. The van der Waals surface area contributed by atoms with Crippen LogP contribution in [0, 0.1) is 6.92 Å². The fourth-order valence-corrected chi connectivity index (χ4v) is 2.79. The highest BCUT2D eigenvalue weighted by molar-refractivity contribution is 6.30. The zero-order chi connectivity index (χ0) is 17.0. The van der Waals surface area contributed by atoms with Crippen molar-refractivity contribution >= 4 is 23.3 Å². The molecular weight excluding hydrogens is 308 g/mol. The maximum atomic E-state index is 12.8. The molecule has 0 aliphatic heterocycles. The Morgan fingerprint density at radius 1 is 1.04 bits per heavy atom. The second-order valence-corrected chi connectivity index (χ2v) is 6.20. The van der Waals surface area contributed by atoms with Crippen LogP contribution >= 0.6 is 11.6 Å².